The van der Waals surface area contributed by atoms with E-state index < -0.39 is 0 Å². The maximum atomic E-state index is 7.01. The van der Waals surface area contributed by atoms with Crippen LogP contribution in [0.4, 0.5) is 0 Å². The number of hydrogen-bond donors (Lipinski definition) is 4. The lowest BCUT2D eigenvalue weighted by Crippen LogP contribution is -2.10. The highest BCUT2D eigenvalue weighted by Crippen LogP contribution is 1.94. The fourth-order valence-corrected chi connectivity index (χ4v) is 0.618. The molecule has 1 rings (SSSR count). The van der Waals surface area contributed by atoms with Gasteiger partial charge in [0.2, 0.25) is 0 Å². The summed E-state index contributed by atoms with van der Waals surface area (Å²) in [7, 11) is 0. The highest BCUT2D eigenvalue weighted by molar-refractivity contribution is 5.94. The molecule has 4 heteroatoms. The Balaban J connectivity index is 0.000000354. The number of rotatable bonds is 1. The van der Waals surface area contributed by atoms with Crippen LogP contribution in [0.5, 0.6) is 0 Å². The number of nitrogens with one attached hydrogen (secondary N) is 2. The summed E-state index contributed by atoms with van der Waals surface area (Å²) in [4.78, 5) is 0. The Morgan fingerprint density at radius 2 is 1.67 bits per heavy atom. The molecular formula is C8H12N4. The third-order valence-corrected chi connectivity index (χ3v) is 1.08. The van der Waals surface area contributed by atoms with Crippen LogP contribution in [0.2, 0.25) is 0 Å². The average molecular weight is 164 g/mol. The van der Waals surface area contributed by atoms with Crippen LogP contribution in [0, 0.1) is 10.8 Å². The van der Waals surface area contributed by atoms with Gasteiger partial charge in [-0.2, -0.15) is 0 Å². The lowest BCUT2D eigenvalue weighted by molar-refractivity contribution is 1.42. The highest BCUT2D eigenvalue weighted by Gasteiger charge is 1.89. The Labute approximate surface area is 71.2 Å². The standard InChI is InChI=1S/C7H8N2.CH4N2/c8-7(9)6-4-2-1-3-5-6;2-1-3/h1-5H,(H3,8,9);1H,(H3,2,3). The van der Waals surface area contributed by atoms with Gasteiger partial charge in [0, 0.05) is 5.56 Å². The van der Waals surface area contributed by atoms with Gasteiger partial charge in [-0.3, -0.25) is 10.8 Å². The Kier molecular flexibility index (Phi) is 5.00. The van der Waals surface area contributed by atoms with Crippen LogP contribution in [0.15, 0.2) is 30.3 Å². The summed E-state index contributed by atoms with van der Waals surface area (Å²) in [6.07, 6.45) is 0.750. The quantitative estimate of drug-likeness (QED) is 0.359. The molecule has 0 saturated carbocycles. The van der Waals surface area contributed by atoms with Crippen molar-refractivity contribution in [2.24, 2.45) is 11.5 Å². The zero-order valence-electron chi connectivity index (χ0n) is 6.62. The molecule has 0 aromatic heterocycles. The number of nitrogen functional groups attached to an aromatic ring is 1. The molecule has 0 saturated heterocycles. The van der Waals surface area contributed by atoms with Gasteiger partial charge in [-0.1, -0.05) is 30.3 Å². The van der Waals surface area contributed by atoms with Gasteiger partial charge in [0.25, 0.3) is 0 Å². The second kappa shape index (κ2) is 5.91. The third-order valence-electron chi connectivity index (χ3n) is 1.08. The lowest BCUT2D eigenvalue weighted by atomic mass is 10.2. The van der Waals surface area contributed by atoms with Crippen molar-refractivity contribution in [3.05, 3.63) is 35.9 Å². The molecular weight excluding hydrogens is 152 g/mol. The molecule has 0 radical (unpaired) electrons. The van der Waals surface area contributed by atoms with Gasteiger partial charge >= 0.3 is 0 Å². The molecule has 0 unspecified atom stereocenters. The molecule has 0 fully saturated rings. The van der Waals surface area contributed by atoms with Gasteiger partial charge in [0.1, 0.15) is 5.84 Å². The van der Waals surface area contributed by atoms with Crippen molar-refractivity contribution in [2.45, 2.75) is 0 Å². The SMILES string of the molecule is N=C(N)c1ccccc1.N=CN. The Hall–Kier alpha value is -1.84. The average Bonchev–Trinajstić information content (AvgIpc) is 2.07. The molecule has 0 spiro atoms. The molecule has 6 N–H and O–H groups in total. The van der Waals surface area contributed by atoms with Gasteiger partial charge in [-0.15, -0.1) is 0 Å². The number of amidine groups is 1. The maximum Gasteiger partial charge on any atom is 0.122 e. The van der Waals surface area contributed by atoms with E-state index >= 15 is 0 Å². The summed E-state index contributed by atoms with van der Waals surface area (Å²) in [5.74, 6) is 0.121. The molecule has 0 bridgehead atoms. The van der Waals surface area contributed by atoms with E-state index in [0.29, 0.717) is 0 Å². The Bertz CT molecular complexity index is 242. The second-order valence-corrected chi connectivity index (χ2v) is 1.95. The van der Waals surface area contributed by atoms with Crippen molar-refractivity contribution in [1.82, 2.24) is 0 Å². The summed E-state index contributed by atoms with van der Waals surface area (Å²) in [5.41, 5.74) is 10.4. The van der Waals surface area contributed by atoms with Crippen LogP contribution in [0.1, 0.15) is 5.56 Å². The van der Waals surface area contributed by atoms with Gasteiger partial charge < -0.3 is 11.5 Å². The number of hydrogen-bond acceptors (Lipinski definition) is 2. The largest absolute Gasteiger partial charge is 0.390 e. The van der Waals surface area contributed by atoms with Gasteiger partial charge in [0.05, 0.1) is 6.34 Å². The van der Waals surface area contributed by atoms with E-state index in [0.717, 1.165) is 11.9 Å². The van der Waals surface area contributed by atoms with Crippen molar-refractivity contribution in [3.63, 3.8) is 0 Å². The Morgan fingerprint density at radius 3 is 1.92 bits per heavy atom. The Morgan fingerprint density at radius 1 is 1.25 bits per heavy atom. The molecule has 1 aromatic rings. The van der Waals surface area contributed by atoms with Gasteiger partial charge in [-0.05, 0) is 0 Å². The maximum absolute atomic E-state index is 7.01. The predicted molar refractivity (Wildman–Crippen MR) is 50.4 cm³/mol. The molecule has 4 nitrogen and oxygen atoms in total. The topological polar surface area (TPSA) is 99.7 Å². The second-order valence-electron chi connectivity index (χ2n) is 1.95. The fraction of sp³-hybridized carbons (Fsp3) is 0. The molecule has 0 heterocycles. The van der Waals surface area contributed by atoms with Crippen LogP contribution in [0.3, 0.4) is 0 Å². The number of benzene rings is 1. The lowest BCUT2D eigenvalue weighted by Gasteiger charge is -1.93. The first-order valence-electron chi connectivity index (χ1n) is 3.32. The first kappa shape index (κ1) is 10.2. The molecule has 0 amide bonds. The third kappa shape index (κ3) is 4.05. The minimum Gasteiger partial charge on any atom is -0.390 e. The van der Waals surface area contributed by atoms with Crippen molar-refractivity contribution in [3.8, 4) is 0 Å². The monoisotopic (exact) mass is 164 g/mol. The molecule has 0 aliphatic carbocycles. The first-order valence-corrected chi connectivity index (χ1v) is 3.32. The fourth-order valence-electron chi connectivity index (χ4n) is 0.618. The number of nitrogens with two attached hydrogens (primary N) is 2. The molecule has 0 aliphatic heterocycles. The minimum atomic E-state index is 0.121. The summed E-state index contributed by atoms with van der Waals surface area (Å²) in [6, 6.07) is 9.23. The molecule has 1 aromatic carbocycles. The predicted octanol–water partition coefficient (Wildman–Crippen LogP) is 0.523. The normalized spacial score (nSPS) is 7.67. The molecule has 0 atom stereocenters. The summed E-state index contributed by atoms with van der Waals surface area (Å²) in [6.45, 7) is 0. The molecule has 12 heavy (non-hydrogen) atoms. The van der Waals surface area contributed by atoms with E-state index in [9.17, 15) is 0 Å². The van der Waals surface area contributed by atoms with Crippen LogP contribution in [-0.2, 0) is 0 Å². The van der Waals surface area contributed by atoms with Crippen molar-refractivity contribution in [1.29, 1.82) is 10.8 Å². The van der Waals surface area contributed by atoms with Gasteiger partial charge in [-0.25, -0.2) is 0 Å². The van der Waals surface area contributed by atoms with E-state index in [1.165, 1.54) is 0 Å². The van der Waals surface area contributed by atoms with Crippen LogP contribution < -0.4 is 11.5 Å². The van der Waals surface area contributed by atoms with E-state index in [4.69, 9.17) is 16.6 Å². The smallest absolute Gasteiger partial charge is 0.122 e. The van der Waals surface area contributed by atoms with Crippen molar-refractivity contribution in [2.75, 3.05) is 0 Å². The van der Waals surface area contributed by atoms with E-state index in [-0.39, 0.29) is 5.84 Å². The van der Waals surface area contributed by atoms with E-state index in [1.807, 2.05) is 30.3 Å². The highest BCUT2D eigenvalue weighted by atomic mass is 14.7. The summed E-state index contributed by atoms with van der Waals surface area (Å²) >= 11 is 0. The molecule has 0 aliphatic rings. The van der Waals surface area contributed by atoms with Crippen molar-refractivity contribution >= 4 is 12.2 Å². The van der Waals surface area contributed by atoms with Gasteiger partial charge in [0.15, 0.2) is 0 Å². The van der Waals surface area contributed by atoms with Crippen LogP contribution in [0.25, 0.3) is 0 Å². The summed E-state index contributed by atoms with van der Waals surface area (Å²) in [5, 5.41) is 12.9. The zero-order chi connectivity index (χ0) is 9.40. The van der Waals surface area contributed by atoms with Crippen LogP contribution >= 0.6 is 0 Å². The summed E-state index contributed by atoms with van der Waals surface area (Å²) < 4.78 is 0. The van der Waals surface area contributed by atoms with E-state index in [1.54, 1.807) is 0 Å². The molecule has 64 valence electrons. The van der Waals surface area contributed by atoms with E-state index in [2.05, 4.69) is 5.73 Å². The minimum absolute atomic E-state index is 0.121. The zero-order valence-corrected chi connectivity index (χ0v) is 6.62. The van der Waals surface area contributed by atoms with Crippen LogP contribution in [-0.4, -0.2) is 12.2 Å². The first-order chi connectivity index (χ1) is 5.72. The van der Waals surface area contributed by atoms with Crippen molar-refractivity contribution < 1.29 is 0 Å².